The number of hydrogen-bond donors (Lipinski definition) is 1. The fraction of sp³-hybridized carbons (Fsp3) is 0.0800. The Labute approximate surface area is 220 Å². The van der Waals surface area contributed by atoms with E-state index < -0.39 is 16.6 Å². The molecule has 0 saturated carbocycles. The Balaban J connectivity index is 1.44. The summed E-state index contributed by atoms with van der Waals surface area (Å²) in [4.78, 5) is 37.1. The van der Waals surface area contributed by atoms with Crippen molar-refractivity contribution in [1.29, 1.82) is 0 Å². The zero-order valence-electron chi connectivity index (χ0n) is 19.2. The summed E-state index contributed by atoms with van der Waals surface area (Å²) in [5.74, 6) is -0.779. The highest BCUT2D eigenvalue weighted by atomic mass is 32.2. The Morgan fingerprint density at radius 2 is 1.95 bits per heavy atom. The molecule has 0 aliphatic carbocycles. The topological polar surface area (TPSA) is 111 Å². The largest absolute Gasteiger partial charge is 0.493 e. The van der Waals surface area contributed by atoms with Crippen molar-refractivity contribution in [1.82, 2.24) is 0 Å². The van der Waals surface area contributed by atoms with Gasteiger partial charge in [-0.3, -0.25) is 24.6 Å². The Morgan fingerprint density at radius 1 is 1.16 bits per heavy atom. The van der Waals surface area contributed by atoms with Gasteiger partial charge in [0.25, 0.3) is 17.5 Å². The minimum absolute atomic E-state index is 0.149. The van der Waals surface area contributed by atoms with Gasteiger partial charge in [-0.25, -0.2) is 4.39 Å². The van der Waals surface area contributed by atoms with Crippen molar-refractivity contribution in [2.24, 2.45) is 0 Å². The molecule has 0 aromatic heterocycles. The molecule has 0 atom stereocenters. The summed E-state index contributed by atoms with van der Waals surface area (Å²) >= 11 is 6.41. The van der Waals surface area contributed by atoms with Crippen LogP contribution in [0.3, 0.4) is 0 Å². The van der Waals surface area contributed by atoms with E-state index in [1.807, 2.05) is 0 Å². The number of carbonyl (C=O) groups is 2. The molecule has 9 nitrogen and oxygen atoms in total. The second-order valence-electron chi connectivity index (χ2n) is 7.55. The Kier molecular flexibility index (Phi) is 7.80. The number of ether oxygens (including phenoxy) is 2. The summed E-state index contributed by atoms with van der Waals surface area (Å²) in [6.07, 6.45) is 1.62. The molecule has 188 valence electrons. The van der Waals surface area contributed by atoms with E-state index in [4.69, 9.17) is 21.7 Å². The van der Waals surface area contributed by atoms with Crippen LogP contribution >= 0.6 is 24.0 Å². The number of nitro groups is 1. The quantitative estimate of drug-likeness (QED) is 0.181. The highest BCUT2D eigenvalue weighted by Gasteiger charge is 2.33. The molecular formula is C25H18FN3O6S2. The second-order valence-corrected chi connectivity index (χ2v) is 9.23. The summed E-state index contributed by atoms with van der Waals surface area (Å²) in [6, 6.07) is 16.0. The number of nitrogens with zero attached hydrogens (tertiary/aromatic N) is 2. The van der Waals surface area contributed by atoms with Gasteiger partial charge < -0.3 is 14.8 Å². The molecule has 1 heterocycles. The van der Waals surface area contributed by atoms with E-state index in [1.54, 1.807) is 30.3 Å². The van der Waals surface area contributed by atoms with Crippen molar-refractivity contribution < 1.29 is 28.4 Å². The number of amides is 2. The lowest BCUT2D eigenvalue weighted by Crippen LogP contribution is -2.27. The first kappa shape index (κ1) is 25.8. The number of thiocarbonyl (C=S) groups is 1. The fourth-order valence-corrected chi connectivity index (χ4v) is 4.69. The van der Waals surface area contributed by atoms with Gasteiger partial charge in [-0.05, 0) is 48.0 Å². The summed E-state index contributed by atoms with van der Waals surface area (Å²) in [7, 11) is 1.43. The zero-order valence-corrected chi connectivity index (χ0v) is 20.8. The first-order valence-electron chi connectivity index (χ1n) is 10.6. The van der Waals surface area contributed by atoms with Crippen LogP contribution in [0.15, 0.2) is 71.6 Å². The second kappa shape index (κ2) is 11.2. The van der Waals surface area contributed by atoms with Gasteiger partial charge in [-0.15, -0.1) is 0 Å². The maximum Gasteiger partial charge on any atom is 0.271 e. The van der Waals surface area contributed by atoms with Gasteiger partial charge in [-0.2, -0.15) is 0 Å². The molecule has 12 heteroatoms. The van der Waals surface area contributed by atoms with Crippen LogP contribution in [0, 0.1) is 15.9 Å². The molecule has 0 unspecified atom stereocenters. The molecule has 3 aromatic carbocycles. The first-order valence-corrected chi connectivity index (χ1v) is 11.9. The number of non-ortho nitro benzene ring substituents is 1. The molecule has 1 saturated heterocycles. The fourth-order valence-electron chi connectivity index (χ4n) is 3.39. The lowest BCUT2D eigenvalue weighted by Gasteiger charge is -2.14. The summed E-state index contributed by atoms with van der Waals surface area (Å²) in [5, 5.41) is 13.4. The minimum atomic E-state index is -0.557. The summed E-state index contributed by atoms with van der Waals surface area (Å²) < 4.78 is 24.8. The summed E-state index contributed by atoms with van der Waals surface area (Å²) in [5.41, 5.74) is 1.07. The standard InChI is InChI=1S/C25H18FN3O6S2/c1-34-21-10-15(11-22-24(31)28(25(36)37-22)18-6-2-4-16(26)12-18)8-9-20(21)35-14-23(30)27-17-5-3-7-19(13-17)29(32)33/h2-13H,14H2,1H3,(H,27,30)/b22-11+. The third-order valence-corrected chi connectivity index (χ3v) is 6.35. The molecule has 1 aliphatic rings. The van der Waals surface area contributed by atoms with Crippen molar-refractivity contribution in [3.63, 3.8) is 0 Å². The third-order valence-electron chi connectivity index (χ3n) is 5.05. The van der Waals surface area contributed by atoms with E-state index in [1.165, 1.54) is 54.5 Å². The highest BCUT2D eigenvalue weighted by Crippen LogP contribution is 2.37. The van der Waals surface area contributed by atoms with Gasteiger partial charge in [0, 0.05) is 17.8 Å². The SMILES string of the molecule is COc1cc(/C=C2/SC(=S)N(c3cccc(F)c3)C2=O)ccc1OCC(=O)Nc1cccc([N+](=O)[O-])c1. The van der Waals surface area contributed by atoms with E-state index in [2.05, 4.69) is 5.32 Å². The van der Waals surface area contributed by atoms with E-state index >= 15 is 0 Å². The van der Waals surface area contributed by atoms with Crippen LogP contribution in [0.25, 0.3) is 6.08 Å². The molecule has 2 amide bonds. The zero-order chi connectivity index (χ0) is 26.5. The smallest absolute Gasteiger partial charge is 0.271 e. The molecule has 4 rings (SSSR count). The molecule has 1 N–H and O–H groups in total. The van der Waals surface area contributed by atoms with E-state index in [0.29, 0.717) is 21.9 Å². The number of nitrogens with one attached hydrogen (secondary N) is 1. The van der Waals surface area contributed by atoms with Crippen molar-refractivity contribution in [3.8, 4) is 11.5 Å². The average Bonchev–Trinajstić information content (AvgIpc) is 3.15. The van der Waals surface area contributed by atoms with Crippen LogP contribution in [0.4, 0.5) is 21.5 Å². The normalized spacial score (nSPS) is 14.1. The number of methoxy groups -OCH3 is 1. The predicted molar refractivity (Wildman–Crippen MR) is 142 cm³/mol. The number of thioether (sulfide) groups is 1. The molecular weight excluding hydrogens is 521 g/mol. The van der Waals surface area contributed by atoms with E-state index in [-0.39, 0.29) is 34.0 Å². The molecule has 1 fully saturated rings. The molecule has 0 bridgehead atoms. The molecule has 37 heavy (non-hydrogen) atoms. The number of nitro benzene ring substituents is 1. The van der Waals surface area contributed by atoms with Crippen LogP contribution < -0.4 is 19.7 Å². The van der Waals surface area contributed by atoms with Gasteiger partial charge in [0.15, 0.2) is 22.4 Å². The van der Waals surface area contributed by atoms with Crippen molar-refractivity contribution >= 4 is 63.3 Å². The van der Waals surface area contributed by atoms with Crippen LogP contribution in [0.2, 0.25) is 0 Å². The number of anilines is 2. The lowest BCUT2D eigenvalue weighted by molar-refractivity contribution is -0.384. The van der Waals surface area contributed by atoms with E-state index in [9.17, 15) is 24.1 Å². The molecule has 1 aliphatic heterocycles. The Bertz CT molecular complexity index is 1450. The average molecular weight is 540 g/mol. The van der Waals surface area contributed by atoms with Gasteiger partial charge in [0.05, 0.1) is 22.6 Å². The van der Waals surface area contributed by atoms with Crippen LogP contribution in [-0.4, -0.2) is 34.8 Å². The number of halogens is 1. The van der Waals surface area contributed by atoms with Crippen LogP contribution in [0.5, 0.6) is 11.5 Å². The van der Waals surface area contributed by atoms with Gasteiger partial charge in [-0.1, -0.05) is 42.2 Å². The van der Waals surface area contributed by atoms with E-state index in [0.717, 1.165) is 11.8 Å². The lowest BCUT2D eigenvalue weighted by atomic mass is 10.2. The predicted octanol–water partition coefficient (Wildman–Crippen LogP) is 5.17. The molecule has 0 radical (unpaired) electrons. The minimum Gasteiger partial charge on any atom is -0.493 e. The van der Waals surface area contributed by atoms with Crippen LogP contribution in [-0.2, 0) is 9.59 Å². The Hall–Kier alpha value is -4.29. The Morgan fingerprint density at radius 3 is 2.68 bits per heavy atom. The van der Waals surface area contributed by atoms with Crippen molar-refractivity contribution in [3.05, 3.63) is 93.1 Å². The molecule has 3 aromatic rings. The maximum atomic E-state index is 13.6. The van der Waals surface area contributed by atoms with Crippen molar-refractivity contribution in [2.75, 3.05) is 23.9 Å². The maximum absolute atomic E-state index is 13.6. The number of rotatable bonds is 8. The monoisotopic (exact) mass is 539 g/mol. The van der Waals surface area contributed by atoms with Crippen LogP contribution in [0.1, 0.15) is 5.56 Å². The first-order chi connectivity index (χ1) is 17.7. The van der Waals surface area contributed by atoms with Gasteiger partial charge >= 0.3 is 0 Å². The molecule has 0 spiro atoms. The van der Waals surface area contributed by atoms with Gasteiger partial charge in [0.1, 0.15) is 5.82 Å². The van der Waals surface area contributed by atoms with Crippen molar-refractivity contribution in [2.45, 2.75) is 0 Å². The van der Waals surface area contributed by atoms with Gasteiger partial charge in [0.2, 0.25) is 0 Å². The summed E-state index contributed by atoms with van der Waals surface area (Å²) in [6.45, 7) is -0.370. The number of hydrogen-bond acceptors (Lipinski definition) is 8. The highest BCUT2D eigenvalue weighted by molar-refractivity contribution is 8.27. The number of carbonyl (C=O) groups excluding carboxylic acids is 2. The number of benzene rings is 3. The third kappa shape index (κ3) is 6.11.